The van der Waals surface area contributed by atoms with Gasteiger partial charge < -0.3 is 5.73 Å². The smallest absolute Gasteiger partial charge is 0.278 e. The van der Waals surface area contributed by atoms with Crippen molar-refractivity contribution in [3.05, 3.63) is 106 Å². The Bertz CT molecular complexity index is 1290. The van der Waals surface area contributed by atoms with Crippen molar-refractivity contribution in [2.45, 2.75) is 40.0 Å². The highest BCUT2D eigenvalue weighted by molar-refractivity contribution is 6.09. The summed E-state index contributed by atoms with van der Waals surface area (Å²) in [6.07, 6.45) is 1.43. The summed E-state index contributed by atoms with van der Waals surface area (Å²) in [6, 6.07) is 17.6. The van der Waals surface area contributed by atoms with E-state index < -0.39 is 11.7 Å². The molecule has 0 spiro atoms. The minimum Gasteiger partial charge on any atom is -0.383 e. The molecule has 0 radical (unpaired) electrons. The summed E-state index contributed by atoms with van der Waals surface area (Å²) in [5.74, 6) is -1.61. The van der Waals surface area contributed by atoms with Gasteiger partial charge in [0, 0.05) is 17.5 Å². The van der Waals surface area contributed by atoms with Crippen molar-refractivity contribution in [2.24, 2.45) is 10.7 Å². The normalized spacial score (nSPS) is 11.4. The maximum absolute atomic E-state index is 14.5. The molecule has 0 aliphatic rings. The fourth-order valence-corrected chi connectivity index (χ4v) is 3.76. The number of aryl methyl sites for hydroxylation is 2. The van der Waals surface area contributed by atoms with Gasteiger partial charge >= 0.3 is 0 Å². The number of rotatable bonds is 8. The Morgan fingerprint density at radius 3 is 2.32 bits per heavy atom. The molecule has 5 heteroatoms. The molecular formula is C29H29FN2O2. The Labute approximate surface area is 200 Å². The zero-order valence-electron chi connectivity index (χ0n) is 19.8. The monoisotopic (exact) mass is 456 g/mol. The van der Waals surface area contributed by atoms with E-state index >= 15 is 0 Å². The third-order valence-electron chi connectivity index (χ3n) is 5.73. The number of ketones is 1. The average molecular weight is 457 g/mol. The molecule has 0 atom stereocenters. The minimum atomic E-state index is -0.689. The molecule has 3 rings (SSSR count). The highest BCUT2D eigenvalue weighted by Gasteiger charge is 2.15. The number of allylic oxidation sites excluding steroid dienone is 1. The van der Waals surface area contributed by atoms with Crippen molar-refractivity contribution in [3.8, 4) is 11.1 Å². The van der Waals surface area contributed by atoms with E-state index in [0.717, 1.165) is 40.3 Å². The number of amidine groups is 1. The summed E-state index contributed by atoms with van der Waals surface area (Å²) in [4.78, 5) is 29.0. The van der Waals surface area contributed by atoms with E-state index in [-0.39, 0.29) is 29.2 Å². The molecule has 0 unspecified atom stereocenters. The molecule has 0 fully saturated rings. The molecule has 4 nitrogen and oxygen atoms in total. The molecule has 0 bridgehead atoms. The van der Waals surface area contributed by atoms with Crippen molar-refractivity contribution in [1.29, 1.82) is 0 Å². The topological polar surface area (TPSA) is 72.5 Å². The molecule has 0 aliphatic carbocycles. The summed E-state index contributed by atoms with van der Waals surface area (Å²) < 4.78 is 14.5. The van der Waals surface area contributed by atoms with Crippen molar-refractivity contribution in [2.75, 3.05) is 0 Å². The summed E-state index contributed by atoms with van der Waals surface area (Å²) in [7, 11) is 0. The van der Waals surface area contributed by atoms with Gasteiger partial charge in [-0.1, -0.05) is 48.9 Å². The highest BCUT2D eigenvalue weighted by Crippen LogP contribution is 2.28. The van der Waals surface area contributed by atoms with Crippen LogP contribution in [0.1, 0.15) is 64.1 Å². The quantitative estimate of drug-likeness (QED) is 0.183. The SMILES string of the molecule is C=C(C)CCC(=O)c1ccc(C(N)=NC(=O)c2ccc(-c3ccccc3C)c(CC)c2)cc1F. The first-order valence-corrected chi connectivity index (χ1v) is 11.3. The summed E-state index contributed by atoms with van der Waals surface area (Å²) in [6.45, 7) is 9.66. The van der Waals surface area contributed by atoms with Gasteiger partial charge in [0.1, 0.15) is 11.7 Å². The van der Waals surface area contributed by atoms with Gasteiger partial charge in [-0.05, 0) is 73.2 Å². The van der Waals surface area contributed by atoms with Gasteiger partial charge in [0.15, 0.2) is 5.78 Å². The van der Waals surface area contributed by atoms with Crippen molar-refractivity contribution in [1.82, 2.24) is 0 Å². The molecule has 2 N–H and O–H groups in total. The van der Waals surface area contributed by atoms with Crippen LogP contribution in [-0.4, -0.2) is 17.5 Å². The molecule has 34 heavy (non-hydrogen) atoms. The fraction of sp³-hybridized carbons (Fsp3) is 0.207. The standard InChI is InChI=1S/C29H29FN2O2/c1-5-20-16-22(12-13-24(20)23-9-7-6-8-19(23)4)29(34)32-28(31)21-11-14-25(26(30)17-21)27(33)15-10-18(2)3/h6-9,11-14,16-17H,2,5,10,15H2,1,3-4H3,(H2,31,32,34). The van der Waals surface area contributed by atoms with Crippen LogP contribution in [0.15, 0.2) is 77.8 Å². The van der Waals surface area contributed by atoms with Gasteiger partial charge in [-0.25, -0.2) is 4.39 Å². The van der Waals surface area contributed by atoms with Crippen LogP contribution in [0.4, 0.5) is 4.39 Å². The predicted molar refractivity (Wildman–Crippen MR) is 136 cm³/mol. The first-order valence-electron chi connectivity index (χ1n) is 11.3. The molecule has 0 saturated carbocycles. The number of carbonyl (C=O) groups excluding carboxylic acids is 2. The van der Waals surface area contributed by atoms with Crippen LogP contribution in [0.25, 0.3) is 11.1 Å². The molecule has 3 aromatic rings. The molecular weight excluding hydrogens is 427 g/mol. The number of hydrogen-bond acceptors (Lipinski definition) is 2. The van der Waals surface area contributed by atoms with E-state index in [9.17, 15) is 14.0 Å². The largest absolute Gasteiger partial charge is 0.383 e. The van der Waals surface area contributed by atoms with E-state index in [1.807, 2.05) is 38.1 Å². The summed E-state index contributed by atoms with van der Waals surface area (Å²) in [5, 5.41) is 0. The number of amides is 1. The number of carbonyl (C=O) groups is 2. The number of hydrogen-bond donors (Lipinski definition) is 1. The third-order valence-corrected chi connectivity index (χ3v) is 5.73. The van der Waals surface area contributed by atoms with E-state index in [0.29, 0.717) is 12.0 Å². The molecule has 0 aliphatic heterocycles. The number of nitrogens with two attached hydrogens (primary N) is 1. The molecule has 1 amide bonds. The second-order valence-electron chi connectivity index (χ2n) is 8.42. The highest BCUT2D eigenvalue weighted by atomic mass is 19.1. The van der Waals surface area contributed by atoms with Crippen molar-refractivity contribution in [3.63, 3.8) is 0 Å². The van der Waals surface area contributed by atoms with Crippen molar-refractivity contribution >= 4 is 17.5 Å². The van der Waals surface area contributed by atoms with Crippen LogP contribution in [0.5, 0.6) is 0 Å². The van der Waals surface area contributed by atoms with E-state index in [4.69, 9.17) is 5.73 Å². The van der Waals surface area contributed by atoms with Crippen LogP contribution in [0.3, 0.4) is 0 Å². The molecule has 0 heterocycles. The van der Waals surface area contributed by atoms with Crippen LogP contribution >= 0.6 is 0 Å². The Balaban J connectivity index is 1.84. The molecule has 3 aromatic carbocycles. The lowest BCUT2D eigenvalue weighted by molar-refractivity contribution is 0.0976. The van der Waals surface area contributed by atoms with E-state index in [1.165, 1.54) is 12.1 Å². The molecule has 0 aromatic heterocycles. The number of nitrogens with zero attached hydrogens (tertiary/aromatic N) is 1. The summed E-state index contributed by atoms with van der Waals surface area (Å²) in [5.41, 5.74) is 11.9. The first-order chi connectivity index (χ1) is 16.2. The fourth-order valence-electron chi connectivity index (χ4n) is 3.76. The first kappa shape index (κ1) is 24.8. The predicted octanol–water partition coefficient (Wildman–Crippen LogP) is 6.45. The number of Topliss-reactive ketones (excluding diaryl/α,β-unsaturated/α-hetero) is 1. The third kappa shape index (κ3) is 5.73. The lowest BCUT2D eigenvalue weighted by Gasteiger charge is -2.12. The van der Waals surface area contributed by atoms with Gasteiger partial charge in [-0.15, -0.1) is 6.58 Å². The maximum Gasteiger partial charge on any atom is 0.278 e. The lowest BCUT2D eigenvalue weighted by atomic mass is 9.93. The van der Waals surface area contributed by atoms with E-state index in [1.54, 1.807) is 6.07 Å². The van der Waals surface area contributed by atoms with Gasteiger partial charge in [-0.2, -0.15) is 4.99 Å². The van der Waals surface area contributed by atoms with Gasteiger partial charge in [0.05, 0.1) is 5.56 Å². The van der Waals surface area contributed by atoms with Crippen LogP contribution in [-0.2, 0) is 6.42 Å². The molecule has 174 valence electrons. The maximum atomic E-state index is 14.5. The van der Waals surface area contributed by atoms with Gasteiger partial charge in [0.25, 0.3) is 5.91 Å². The van der Waals surface area contributed by atoms with Crippen LogP contribution < -0.4 is 5.73 Å². The minimum absolute atomic E-state index is 0.0106. The Kier molecular flexibility index (Phi) is 7.90. The van der Waals surface area contributed by atoms with Gasteiger partial charge in [0.2, 0.25) is 0 Å². The average Bonchev–Trinajstić information content (AvgIpc) is 2.82. The second kappa shape index (κ2) is 10.8. The Hall–Kier alpha value is -3.86. The lowest BCUT2D eigenvalue weighted by Crippen LogP contribution is -2.17. The van der Waals surface area contributed by atoms with Crippen LogP contribution in [0.2, 0.25) is 0 Å². The zero-order chi connectivity index (χ0) is 24.8. The number of aliphatic imine (C=N–C) groups is 1. The van der Waals surface area contributed by atoms with Gasteiger partial charge in [-0.3, -0.25) is 9.59 Å². The van der Waals surface area contributed by atoms with Crippen LogP contribution in [0, 0.1) is 12.7 Å². The summed E-state index contributed by atoms with van der Waals surface area (Å²) >= 11 is 0. The van der Waals surface area contributed by atoms with Crippen molar-refractivity contribution < 1.29 is 14.0 Å². The number of halogens is 1. The zero-order valence-corrected chi connectivity index (χ0v) is 19.8. The molecule has 0 saturated heterocycles. The van der Waals surface area contributed by atoms with E-state index in [2.05, 4.69) is 30.6 Å². The second-order valence-corrected chi connectivity index (χ2v) is 8.42. The number of benzene rings is 3. The Morgan fingerprint density at radius 2 is 1.68 bits per heavy atom. The Morgan fingerprint density at radius 1 is 0.971 bits per heavy atom.